The number of anilines is 2. The molecule has 0 fully saturated rings. The molecule has 0 amide bonds. The maximum absolute atomic E-state index is 14.6. The van der Waals surface area contributed by atoms with Gasteiger partial charge in [-0.1, -0.05) is 26.8 Å². The van der Waals surface area contributed by atoms with Crippen LogP contribution >= 0.6 is 0 Å². The van der Waals surface area contributed by atoms with Gasteiger partial charge in [0.25, 0.3) is 5.56 Å². The zero-order chi connectivity index (χ0) is 25.7. The molecule has 182 valence electrons. The highest BCUT2D eigenvalue weighted by molar-refractivity contribution is 5.82. The lowest BCUT2D eigenvalue weighted by atomic mass is 10.1. The molecule has 0 aliphatic rings. The molecule has 0 saturated carbocycles. The molecular weight excluding hydrogens is 461 g/mol. The predicted molar refractivity (Wildman–Crippen MR) is 136 cm³/mol. The van der Waals surface area contributed by atoms with Crippen molar-refractivity contribution in [2.75, 3.05) is 10.7 Å². The Kier molecular flexibility index (Phi) is 7.15. The number of hydrogen-bond donors (Lipinski definition) is 3. The van der Waals surface area contributed by atoms with Crippen LogP contribution in [0.25, 0.3) is 22.1 Å². The van der Waals surface area contributed by atoms with Crippen molar-refractivity contribution in [3.8, 4) is 6.07 Å². The molecule has 5 rings (SSSR count). The SMILES string of the molecule is CC.CCC(Nc1ncnc2nc[nH]c12)c1nc2cccc(F)c2c(=O)n1Nc1ccc(C#N)cc1. The van der Waals surface area contributed by atoms with Gasteiger partial charge in [0.2, 0.25) is 0 Å². The molecule has 0 aliphatic carbocycles. The van der Waals surface area contributed by atoms with Gasteiger partial charge in [0, 0.05) is 0 Å². The number of hydrogen-bond acceptors (Lipinski definition) is 8. The average molecular weight is 486 g/mol. The van der Waals surface area contributed by atoms with Crippen LogP contribution in [-0.2, 0) is 0 Å². The van der Waals surface area contributed by atoms with Gasteiger partial charge in [0.15, 0.2) is 17.3 Å². The van der Waals surface area contributed by atoms with E-state index in [4.69, 9.17) is 5.26 Å². The van der Waals surface area contributed by atoms with Gasteiger partial charge < -0.3 is 10.3 Å². The Labute approximate surface area is 205 Å². The largest absolute Gasteiger partial charge is 0.358 e. The number of H-pyrrole nitrogens is 1. The highest BCUT2D eigenvalue weighted by atomic mass is 19.1. The van der Waals surface area contributed by atoms with Crippen molar-refractivity contribution >= 4 is 33.6 Å². The molecule has 3 N–H and O–H groups in total. The van der Waals surface area contributed by atoms with E-state index in [0.717, 1.165) is 0 Å². The third-order valence-electron chi connectivity index (χ3n) is 5.38. The number of aromatic nitrogens is 6. The van der Waals surface area contributed by atoms with Crippen LogP contribution in [0.2, 0.25) is 0 Å². The van der Waals surface area contributed by atoms with Crippen molar-refractivity contribution in [3.05, 3.63) is 82.7 Å². The van der Waals surface area contributed by atoms with E-state index in [1.165, 1.54) is 29.5 Å². The number of fused-ring (bicyclic) bond motifs is 2. The fourth-order valence-electron chi connectivity index (χ4n) is 3.69. The van der Waals surface area contributed by atoms with Crippen LogP contribution in [0.5, 0.6) is 0 Å². The van der Waals surface area contributed by atoms with Crippen LogP contribution in [0.3, 0.4) is 0 Å². The number of halogens is 1. The molecule has 10 nitrogen and oxygen atoms in total. The van der Waals surface area contributed by atoms with E-state index in [-0.39, 0.29) is 10.9 Å². The summed E-state index contributed by atoms with van der Waals surface area (Å²) in [5.74, 6) is 0.169. The predicted octanol–water partition coefficient (Wildman–Crippen LogP) is 4.54. The lowest BCUT2D eigenvalue weighted by molar-refractivity contribution is 0.622. The Bertz CT molecular complexity index is 1600. The highest BCUT2D eigenvalue weighted by Crippen LogP contribution is 2.25. The number of nitrogens with zero attached hydrogens (tertiary/aromatic N) is 6. The van der Waals surface area contributed by atoms with Crippen LogP contribution in [0.1, 0.15) is 44.6 Å². The first-order chi connectivity index (χ1) is 17.6. The van der Waals surface area contributed by atoms with Crippen LogP contribution in [0, 0.1) is 17.1 Å². The molecular formula is C25H24FN9O. The summed E-state index contributed by atoms with van der Waals surface area (Å²) in [4.78, 5) is 33.6. The van der Waals surface area contributed by atoms with Gasteiger partial charge in [-0.2, -0.15) is 5.26 Å². The normalized spacial score (nSPS) is 11.4. The maximum Gasteiger partial charge on any atom is 0.283 e. The van der Waals surface area contributed by atoms with E-state index in [0.29, 0.717) is 40.5 Å². The molecule has 2 aromatic carbocycles. The minimum absolute atomic E-state index is 0.125. The summed E-state index contributed by atoms with van der Waals surface area (Å²) >= 11 is 0. The molecule has 0 bridgehead atoms. The first kappa shape index (κ1) is 24.3. The smallest absolute Gasteiger partial charge is 0.283 e. The lowest BCUT2D eigenvalue weighted by Gasteiger charge is -2.23. The van der Waals surface area contributed by atoms with E-state index in [1.807, 2.05) is 20.8 Å². The highest BCUT2D eigenvalue weighted by Gasteiger charge is 2.22. The fourth-order valence-corrected chi connectivity index (χ4v) is 3.69. The standard InChI is InChI=1S/C23H18FN9O.C2H6/c1-2-16(30-21-19-20(27-11-26-19)28-12-29-21)22-31-17-5-3-4-15(24)18(17)23(34)33(22)32-14-8-6-13(10-25)7-9-14;1-2/h3-9,11-12,16,32H,2H2,1H3,(H2,26,27,28,29,30);1-2H3. The fraction of sp³-hybridized carbons (Fsp3) is 0.200. The molecule has 0 spiro atoms. The number of aromatic amines is 1. The number of rotatable bonds is 6. The van der Waals surface area contributed by atoms with Crippen molar-refractivity contribution in [2.45, 2.75) is 33.2 Å². The quantitative estimate of drug-likeness (QED) is 0.319. The van der Waals surface area contributed by atoms with Crippen LogP contribution in [0.15, 0.2) is 59.9 Å². The number of nitrogens with one attached hydrogen (secondary N) is 3. The second-order valence-corrected chi connectivity index (χ2v) is 7.47. The van der Waals surface area contributed by atoms with Gasteiger partial charge in [-0.05, 0) is 42.8 Å². The second kappa shape index (κ2) is 10.6. The Balaban J connectivity index is 0.00000148. The van der Waals surface area contributed by atoms with E-state index in [9.17, 15) is 9.18 Å². The Hall–Kier alpha value is -4.85. The lowest BCUT2D eigenvalue weighted by Crippen LogP contribution is -2.34. The number of benzene rings is 2. The summed E-state index contributed by atoms with van der Waals surface area (Å²) in [5, 5.41) is 12.2. The van der Waals surface area contributed by atoms with Gasteiger partial charge in [-0.15, -0.1) is 0 Å². The Morgan fingerprint density at radius 2 is 1.92 bits per heavy atom. The first-order valence-electron chi connectivity index (χ1n) is 11.5. The number of imidazole rings is 1. The summed E-state index contributed by atoms with van der Waals surface area (Å²) in [6.45, 7) is 5.93. The summed E-state index contributed by atoms with van der Waals surface area (Å²) in [6.07, 6.45) is 3.44. The van der Waals surface area contributed by atoms with Crippen LogP contribution < -0.4 is 16.3 Å². The number of nitriles is 1. The van der Waals surface area contributed by atoms with Gasteiger partial charge in [-0.25, -0.2) is 29.0 Å². The van der Waals surface area contributed by atoms with E-state index in [1.54, 1.807) is 30.3 Å². The monoisotopic (exact) mass is 485 g/mol. The first-order valence-corrected chi connectivity index (χ1v) is 11.5. The van der Waals surface area contributed by atoms with Crippen molar-refractivity contribution < 1.29 is 4.39 Å². The van der Waals surface area contributed by atoms with E-state index in [2.05, 4.69) is 41.7 Å². The van der Waals surface area contributed by atoms with E-state index >= 15 is 0 Å². The van der Waals surface area contributed by atoms with Crippen molar-refractivity contribution in [1.29, 1.82) is 5.26 Å². The van der Waals surface area contributed by atoms with Gasteiger partial charge in [0.05, 0.1) is 35.2 Å². The van der Waals surface area contributed by atoms with Crippen LogP contribution in [0.4, 0.5) is 15.9 Å². The minimum Gasteiger partial charge on any atom is -0.358 e. The molecule has 5 aromatic rings. The van der Waals surface area contributed by atoms with Gasteiger partial charge in [0.1, 0.15) is 23.0 Å². The Morgan fingerprint density at radius 1 is 1.14 bits per heavy atom. The molecule has 11 heteroatoms. The summed E-state index contributed by atoms with van der Waals surface area (Å²) in [6, 6.07) is 12.5. The molecule has 3 aromatic heterocycles. The topological polar surface area (TPSA) is 137 Å². The molecule has 36 heavy (non-hydrogen) atoms. The van der Waals surface area contributed by atoms with E-state index < -0.39 is 17.4 Å². The summed E-state index contributed by atoms with van der Waals surface area (Å²) in [5.41, 5.74) is 4.79. The summed E-state index contributed by atoms with van der Waals surface area (Å²) in [7, 11) is 0. The molecule has 0 radical (unpaired) electrons. The minimum atomic E-state index is -0.659. The van der Waals surface area contributed by atoms with Crippen LogP contribution in [-0.4, -0.2) is 29.6 Å². The second-order valence-electron chi connectivity index (χ2n) is 7.47. The van der Waals surface area contributed by atoms with Crippen molar-refractivity contribution in [1.82, 2.24) is 29.6 Å². The third-order valence-corrected chi connectivity index (χ3v) is 5.38. The third kappa shape index (κ3) is 4.56. The molecule has 1 unspecified atom stereocenters. The zero-order valence-electron chi connectivity index (χ0n) is 20.0. The molecule has 0 aliphatic heterocycles. The summed E-state index contributed by atoms with van der Waals surface area (Å²) < 4.78 is 15.8. The maximum atomic E-state index is 14.6. The molecule has 3 heterocycles. The van der Waals surface area contributed by atoms with Crippen molar-refractivity contribution in [2.24, 2.45) is 0 Å². The van der Waals surface area contributed by atoms with Gasteiger partial charge >= 0.3 is 0 Å². The average Bonchev–Trinajstić information content (AvgIpc) is 3.40. The van der Waals surface area contributed by atoms with Crippen molar-refractivity contribution in [3.63, 3.8) is 0 Å². The molecule has 1 atom stereocenters. The Morgan fingerprint density at radius 3 is 2.64 bits per heavy atom. The van der Waals surface area contributed by atoms with Gasteiger partial charge in [-0.3, -0.25) is 10.2 Å². The molecule has 0 saturated heterocycles. The zero-order valence-corrected chi connectivity index (χ0v) is 20.0.